The first-order valence-corrected chi connectivity index (χ1v) is 13.8. The summed E-state index contributed by atoms with van der Waals surface area (Å²) in [6, 6.07) is 3.22. The number of hydrogen-bond acceptors (Lipinski definition) is 8. The third kappa shape index (κ3) is 6.40. The van der Waals surface area contributed by atoms with Gasteiger partial charge in [-0.3, -0.25) is 14.4 Å². The van der Waals surface area contributed by atoms with Gasteiger partial charge in [-0.2, -0.15) is 0 Å². The summed E-state index contributed by atoms with van der Waals surface area (Å²) in [6.07, 6.45) is 2.53. The van der Waals surface area contributed by atoms with E-state index in [9.17, 15) is 14.4 Å². The highest BCUT2D eigenvalue weighted by Crippen LogP contribution is 2.34. The van der Waals surface area contributed by atoms with Crippen molar-refractivity contribution in [3.05, 3.63) is 28.2 Å². The highest BCUT2D eigenvalue weighted by Gasteiger charge is 2.41. The zero-order valence-electron chi connectivity index (χ0n) is 20.6. The average Bonchev–Trinajstić information content (AvgIpc) is 3.58. The molecule has 1 aromatic carbocycles. The summed E-state index contributed by atoms with van der Waals surface area (Å²) in [7, 11) is 1.69. The number of likely N-dealkylation sites (N-methyl/N-ethyl adjacent to an activating group) is 1. The monoisotopic (exact) mass is 568 g/mol. The summed E-state index contributed by atoms with van der Waals surface area (Å²) in [4.78, 5) is 41.5. The molecule has 2 aliphatic rings. The molecule has 13 heteroatoms. The van der Waals surface area contributed by atoms with Crippen LogP contribution in [0.3, 0.4) is 0 Å². The zero-order chi connectivity index (χ0) is 26.5. The molecule has 10 nitrogen and oxygen atoms in total. The number of likely N-dealkylation sites (tertiary alicyclic amines) is 1. The van der Waals surface area contributed by atoms with Crippen LogP contribution in [0.4, 0.5) is 5.00 Å². The summed E-state index contributed by atoms with van der Waals surface area (Å²) in [5.74, 6) is -0.882. The lowest BCUT2D eigenvalue weighted by Gasteiger charge is -2.35. The van der Waals surface area contributed by atoms with E-state index in [0.717, 1.165) is 11.5 Å². The molecule has 2 aliphatic heterocycles. The van der Waals surface area contributed by atoms with E-state index in [2.05, 4.69) is 25.5 Å². The first-order chi connectivity index (χ1) is 17.8. The molecular weight excluding hydrogens is 539 g/mol. The number of anilines is 1. The number of benzene rings is 1. The van der Waals surface area contributed by atoms with Crippen molar-refractivity contribution >= 4 is 57.5 Å². The van der Waals surface area contributed by atoms with Crippen LogP contribution >= 0.6 is 34.7 Å². The first-order valence-electron chi connectivity index (χ1n) is 12.2. The van der Waals surface area contributed by atoms with E-state index in [1.807, 2.05) is 0 Å². The molecule has 3 atom stereocenters. The van der Waals surface area contributed by atoms with Crippen molar-refractivity contribution in [3.8, 4) is 11.3 Å². The smallest absolute Gasteiger partial charge is 0.247 e. The average molecular weight is 570 g/mol. The van der Waals surface area contributed by atoms with E-state index in [-0.39, 0.29) is 23.6 Å². The van der Waals surface area contributed by atoms with Crippen LogP contribution in [0.25, 0.3) is 11.3 Å². The van der Waals surface area contributed by atoms with Gasteiger partial charge in [-0.25, -0.2) is 0 Å². The van der Waals surface area contributed by atoms with Crippen molar-refractivity contribution in [3.63, 3.8) is 0 Å². The Kier molecular flexibility index (Phi) is 9.36. The molecule has 37 heavy (non-hydrogen) atoms. The van der Waals surface area contributed by atoms with Crippen molar-refractivity contribution in [1.29, 1.82) is 0 Å². The van der Waals surface area contributed by atoms with Crippen LogP contribution in [0.5, 0.6) is 0 Å². The van der Waals surface area contributed by atoms with Gasteiger partial charge in [0.1, 0.15) is 22.8 Å². The van der Waals surface area contributed by atoms with Gasteiger partial charge in [0.25, 0.3) is 0 Å². The largest absolute Gasteiger partial charge is 0.381 e. The molecule has 3 heterocycles. The maximum absolute atomic E-state index is 13.8. The van der Waals surface area contributed by atoms with Crippen LogP contribution in [0.2, 0.25) is 10.0 Å². The van der Waals surface area contributed by atoms with E-state index in [0.29, 0.717) is 71.7 Å². The van der Waals surface area contributed by atoms with Gasteiger partial charge in [-0.15, -0.1) is 5.10 Å². The number of aromatic nitrogens is 2. The molecule has 1 aromatic heterocycles. The predicted octanol–water partition coefficient (Wildman–Crippen LogP) is 2.96. The topological polar surface area (TPSA) is 126 Å². The van der Waals surface area contributed by atoms with Gasteiger partial charge in [-0.05, 0) is 57.7 Å². The minimum atomic E-state index is -0.725. The molecule has 0 radical (unpaired) electrons. The van der Waals surface area contributed by atoms with E-state index in [4.69, 9.17) is 27.9 Å². The lowest BCUT2D eigenvalue weighted by atomic mass is 9.90. The van der Waals surface area contributed by atoms with Crippen molar-refractivity contribution in [2.24, 2.45) is 5.92 Å². The molecule has 200 valence electrons. The van der Waals surface area contributed by atoms with Crippen molar-refractivity contribution in [2.75, 3.05) is 32.1 Å². The summed E-state index contributed by atoms with van der Waals surface area (Å²) < 4.78 is 9.45. The van der Waals surface area contributed by atoms with Gasteiger partial charge < -0.3 is 25.6 Å². The zero-order valence-corrected chi connectivity index (χ0v) is 23.0. The summed E-state index contributed by atoms with van der Waals surface area (Å²) in [5.41, 5.74) is 1.14. The number of nitrogens with one attached hydrogen (secondary N) is 3. The Hall–Kier alpha value is -2.31. The van der Waals surface area contributed by atoms with Gasteiger partial charge in [0, 0.05) is 36.9 Å². The molecule has 1 unspecified atom stereocenters. The lowest BCUT2D eigenvalue weighted by molar-refractivity contribution is -0.142. The Bertz CT molecular complexity index is 1140. The first kappa shape index (κ1) is 27.7. The maximum atomic E-state index is 13.8. The molecule has 0 aliphatic carbocycles. The molecule has 2 aromatic rings. The Labute approximate surface area is 229 Å². The number of rotatable bonds is 8. The highest BCUT2D eigenvalue weighted by atomic mass is 35.5. The molecule has 0 saturated carbocycles. The molecular formula is C24H30Cl2N6O4S. The second-order valence-corrected chi connectivity index (χ2v) is 10.8. The molecule has 3 amide bonds. The Morgan fingerprint density at radius 3 is 2.62 bits per heavy atom. The van der Waals surface area contributed by atoms with Crippen LogP contribution in [0.1, 0.15) is 32.6 Å². The quantitative estimate of drug-likeness (QED) is 0.447. The standard InChI is InChI=1S/C24H30Cl2N6O4S/c1-13(27-2)21(33)28-20(14-7-10-36-11-8-14)24(35)32-9-3-4-18(32)22(34)29-23-19(30-31-37-23)15-5-6-16(25)17(26)12-15/h5-6,12-14,18,20,27H,3-4,7-11H2,1-2H3,(H,28,33)(H,29,34)/t13-,18-,20?/m0/s1. The number of halogens is 2. The van der Waals surface area contributed by atoms with Gasteiger partial charge in [0.05, 0.1) is 16.1 Å². The van der Waals surface area contributed by atoms with E-state index < -0.39 is 18.1 Å². The Morgan fingerprint density at radius 1 is 1.16 bits per heavy atom. The van der Waals surface area contributed by atoms with Crippen LogP contribution in [0.15, 0.2) is 18.2 Å². The molecule has 2 saturated heterocycles. The number of carbonyl (C=O) groups is 3. The van der Waals surface area contributed by atoms with Crippen molar-refractivity contribution in [1.82, 2.24) is 25.1 Å². The van der Waals surface area contributed by atoms with Crippen LogP contribution in [-0.2, 0) is 19.1 Å². The summed E-state index contributed by atoms with van der Waals surface area (Å²) in [5, 5.41) is 14.1. The highest BCUT2D eigenvalue weighted by molar-refractivity contribution is 7.10. The number of amides is 3. The Balaban J connectivity index is 1.51. The van der Waals surface area contributed by atoms with Crippen LogP contribution < -0.4 is 16.0 Å². The van der Waals surface area contributed by atoms with Crippen LogP contribution in [0, 0.1) is 5.92 Å². The molecule has 3 N–H and O–H groups in total. The molecule has 4 rings (SSSR count). The number of nitrogens with zero attached hydrogens (tertiary/aromatic N) is 3. The summed E-state index contributed by atoms with van der Waals surface area (Å²) >= 11 is 13.2. The Morgan fingerprint density at radius 2 is 1.92 bits per heavy atom. The summed E-state index contributed by atoms with van der Waals surface area (Å²) in [6.45, 7) is 3.24. The van der Waals surface area contributed by atoms with E-state index in [1.54, 1.807) is 37.1 Å². The fraction of sp³-hybridized carbons (Fsp3) is 0.542. The molecule has 0 bridgehead atoms. The van der Waals surface area contributed by atoms with Gasteiger partial charge in [0.15, 0.2) is 0 Å². The number of ether oxygens (including phenoxy) is 1. The molecule has 0 spiro atoms. The minimum Gasteiger partial charge on any atom is -0.381 e. The van der Waals surface area contributed by atoms with Crippen molar-refractivity contribution in [2.45, 2.75) is 50.7 Å². The van der Waals surface area contributed by atoms with Crippen molar-refractivity contribution < 1.29 is 19.1 Å². The fourth-order valence-electron chi connectivity index (χ4n) is 4.62. The minimum absolute atomic E-state index is 0.0643. The third-order valence-corrected chi connectivity index (χ3v) is 8.26. The second-order valence-electron chi connectivity index (χ2n) is 9.20. The predicted molar refractivity (Wildman–Crippen MR) is 143 cm³/mol. The normalized spacial score (nSPS) is 19.9. The van der Waals surface area contributed by atoms with E-state index >= 15 is 0 Å². The third-order valence-electron chi connectivity index (χ3n) is 6.88. The lowest BCUT2D eigenvalue weighted by Crippen LogP contribution is -2.58. The number of carbonyl (C=O) groups excluding carboxylic acids is 3. The molecule has 2 fully saturated rings. The van der Waals surface area contributed by atoms with Crippen LogP contribution in [-0.4, -0.2) is 77.1 Å². The fourth-order valence-corrected chi connectivity index (χ4v) is 5.52. The maximum Gasteiger partial charge on any atom is 0.247 e. The van der Waals surface area contributed by atoms with Gasteiger partial charge >= 0.3 is 0 Å². The van der Waals surface area contributed by atoms with Gasteiger partial charge in [-0.1, -0.05) is 33.8 Å². The SMILES string of the molecule is CN[C@@H](C)C(=O)NC(C(=O)N1CCC[C@H]1C(=O)Nc1snnc1-c1ccc(Cl)c(Cl)c1)C1CCOCC1. The van der Waals surface area contributed by atoms with E-state index in [1.165, 1.54) is 0 Å². The van der Waals surface area contributed by atoms with Gasteiger partial charge in [0.2, 0.25) is 17.7 Å². The number of hydrogen-bond donors (Lipinski definition) is 3. The second kappa shape index (κ2) is 12.5.